The molecule has 4 nitrogen and oxygen atoms in total. The largest absolute Gasteiger partial charge is 0.452 e. The van der Waals surface area contributed by atoms with E-state index in [1.165, 1.54) is 24.3 Å². The van der Waals surface area contributed by atoms with Gasteiger partial charge in [0.05, 0.1) is 6.42 Å². The summed E-state index contributed by atoms with van der Waals surface area (Å²) in [7, 11) is 0. The van der Waals surface area contributed by atoms with Crippen LogP contribution in [-0.4, -0.2) is 18.0 Å². The Morgan fingerprint density at radius 3 is 2.33 bits per heavy atom. The van der Waals surface area contributed by atoms with Crippen molar-refractivity contribution >= 4 is 29.2 Å². The maximum atomic E-state index is 12.9. The highest BCUT2D eigenvalue weighted by molar-refractivity contribution is 6.30. The van der Waals surface area contributed by atoms with E-state index < -0.39 is 23.8 Å². The van der Waals surface area contributed by atoms with Crippen molar-refractivity contribution in [1.82, 2.24) is 0 Å². The van der Waals surface area contributed by atoms with Gasteiger partial charge in [0.15, 0.2) is 6.10 Å². The van der Waals surface area contributed by atoms with Gasteiger partial charge in [-0.1, -0.05) is 30.7 Å². The first-order valence-corrected chi connectivity index (χ1v) is 7.86. The summed E-state index contributed by atoms with van der Waals surface area (Å²) in [6, 6.07) is 12.2. The second-order valence-electron chi connectivity index (χ2n) is 5.19. The van der Waals surface area contributed by atoms with Gasteiger partial charge in [-0.3, -0.25) is 9.59 Å². The van der Waals surface area contributed by atoms with Crippen molar-refractivity contribution in [3.05, 3.63) is 64.9 Å². The van der Waals surface area contributed by atoms with Gasteiger partial charge >= 0.3 is 5.97 Å². The third-order valence-corrected chi connectivity index (χ3v) is 3.56. The van der Waals surface area contributed by atoms with Crippen LogP contribution in [0.4, 0.5) is 10.1 Å². The quantitative estimate of drug-likeness (QED) is 0.802. The molecule has 0 aliphatic heterocycles. The average molecular weight is 350 g/mol. The number of carbonyl (C=O) groups is 2. The van der Waals surface area contributed by atoms with E-state index in [0.29, 0.717) is 17.1 Å². The predicted octanol–water partition coefficient (Wildman–Crippen LogP) is 3.98. The zero-order valence-electron chi connectivity index (χ0n) is 13.1. The monoisotopic (exact) mass is 349 g/mol. The zero-order chi connectivity index (χ0) is 17.5. The van der Waals surface area contributed by atoms with Crippen LogP contribution < -0.4 is 5.32 Å². The number of halogens is 2. The molecule has 1 atom stereocenters. The lowest BCUT2D eigenvalue weighted by Crippen LogP contribution is -2.32. The number of esters is 1. The molecule has 0 radical (unpaired) electrons. The molecule has 0 aliphatic carbocycles. The van der Waals surface area contributed by atoms with Crippen molar-refractivity contribution < 1.29 is 18.7 Å². The summed E-state index contributed by atoms with van der Waals surface area (Å²) in [5.41, 5.74) is 1.19. The van der Waals surface area contributed by atoms with Crippen molar-refractivity contribution in [3.63, 3.8) is 0 Å². The maximum Gasteiger partial charge on any atom is 0.311 e. The van der Waals surface area contributed by atoms with Gasteiger partial charge in [0, 0.05) is 10.7 Å². The minimum absolute atomic E-state index is 0.0531. The highest BCUT2D eigenvalue weighted by atomic mass is 35.5. The zero-order valence-corrected chi connectivity index (χ0v) is 13.8. The molecule has 2 aromatic rings. The Morgan fingerprint density at radius 1 is 1.12 bits per heavy atom. The number of rotatable bonds is 6. The van der Waals surface area contributed by atoms with Crippen LogP contribution in [0.1, 0.15) is 18.9 Å². The molecular weight excluding hydrogens is 333 g/mol. The van der Waals surface area contributed by atoms with E-state index in [1.54, 1.807) is 31.2 Å². The summed E-state index contributed by atoms with van der Waals surface area (Å²) >= 11 is 5.79. The Morgan fingerprint density at radius 2 is 1.75 bits per heavy atom. The predicted molar refractivity (Wildman–Crippen MR) is 90.4 cm³/mol. The molecule has 0 spiro atoms. The lowest BCUT2D eigenvalue weighted by molar-refractivity contribution is -0.153. The Kier molecular flexibility index (Phi) is 6.32. The molecule has 0 saturated carbocycles. The summed E-state index contributed by atoms with van der Waals surface area (Å²) in [5, 5.41) is 3.18. The van der Waals surface area contributed by atoms with Crippen molar-refractivity contribution in [2.75, 3.05) is 5.32 Å². The van der Waals surface area contributed by atoms with Crippen LogP contribution in [0.2, 0.25) is 5.02 Å². The summed E-state index contributed by atoms with van der Waals surface area (Å²) in [6.45, 7) is 1.74. The Labute approximate surface area is 144 Å². The number of anilines is 1. The van der Waals surface area contributed by atoms with Gasteiger partial charge < -0.3 is 10.1 Å². The van der Waals surface area contributed by atoms with Gasteiger partial charge in [0.1, 0.15) is 5.82 Å². The standard InChI is InChI=1S/C18H17ClFNO3/c1-2-16(18(23)21-15-9-7-14(20)8-10-15)24-17(22)11-12-3-5-13(19)6-4-12/h3-10,16H,2,11H2,1H3,(H,21,23)/t16-/m1/s1. The van der Waals surface area contributed by atoms with E-state index >= 15 is 0 Å². The SMILES string of the molecule is CC[C@@H](OC(=O)Cc1ccc(Cl)cc1)C(=O)Nc1ccc(F)cc1. The molecule has 24 heavy (non-hydrogen) atoms. The smallest absolute Gasteiger partial charge is 0.311 e. The molecule has 1 N–H and O–H groups in total. The minimum Gasteiger partial charge on any atom is -0.452 e. The van der Waals surface area contributed by atoms with Gasteiger partial charge in [-0.2, -0.15) is 0 Å². The van der Waals surface area contributed by atoms with Crippen molar-refractivity contribution in [3.8, 4) is 0 Å². The first-order valence-electron chi connectivity index (χ1n) is 7.48. The van der Waals surface area contributed by atoms with E-state index in [2.05, 4.69) is 5.32 Å². The normalized spacial score (nSPS) is 11.6. The van der Waals surface area contributed by atoms with Gasteiger partial charge in [-0.05, 0) is 48.4 Å². The summed E-state index contributed by atoms with van der Waals surface area (Å²) < 4.78 is 18.1. The molecule has 0 aliphatic rings. The third kappa shape index (κ3) is 5.35. The van der Waals surface area contributed by atoms with Crippen LogP contribution in [0.25, 0.3) is 0 Å². The molecule has 0 bridgehead atoms. The topological polar surface area (TPSA) is 55.4 Å². The summed E-state index contributed by atoms with van der Waals surface area (Å²) in [6.07, 6.45) is -0.522. The summed E-state index contributed by atoms with van der Waals surface area (Å²) in [4.78, 5) is 24.1. The van der Waals surface area contributed by atoms with E-state index in [0.717, 1.165) is 5.56 Å². The number of hydrogen-bond acceptors (Lipinski definition) is 3. The molecule has 0 saturated heterocycles. The number of amides is 1. The fourth-order valence-corrected chi connectivity index (χ4v) is 2.17. The molecule has 0 heterocycles. The second-order valence-corrected chi connectivity index (χ2v) is 5.62. The lowest BCUT2D eigenvalue weighted by atomic mass is 10.1. The third-order valence-electron chi connectivity index (χ3n) is 3.31. The van der Waals surface area contributed by atoms with Crippen molar-refractivity contribution in [1.29, 1.82) is 0 Å². The van der Waals surface area contributed by atoms with Gasteiger partial charge in [0.2, 0.25) is 0 Å². The minimum atomic E-state index is -0.908. The number of hydrogen-bond donors (Lipinski definition) is 1. The summed E-state index contributed by atoms with van der Waals surface area (Å²) in [5.74, 6) is -1.35. The number of benzene rings is 2. The van der Waals surface area contributed by atoms with E-state index in [9.17, 15) is 14.0 Å². The molecule has 0 fully saturated rings. The van der Waals surface area contributed by atoms with Crippen LogP contribution in [0.3, 0.4) is 0 Å². The van der Waals surface area contributed by atoms with Crippen LogP contribution in [0.15, 0.2) is 48.5 Å². The maximum absolute atomic E-state index is 12.9. The fraction of sp³-hybridized carbons (Fsp3) is 0.222. The first kappa shape index (κ1) is 17.9. The van der Waals surface area contributed by atoms with Crippen LogP contribution >= 0.6 is 11.6 Å². The van der Waals surface area contributed by atoms with Gasteiger partial charge in [-0.25, -0.2) is 4.39 Å². The van der Waals surface area contributed by atoms with Crippen molar-refractivity contribution in [2.24, 2.45) is 0 Å². The van der Waals surface area contributed by atoms with E-state index in [-0.39, 0.29) is 6.42 Å². The average Bonchev–Trinajstić information content (AvgIpc) is 2.56. The Balaban J connectivity index is 1.92. The molecule has 0 aromatic heterocycles. The number of ether oxygens (including phenoxy) is 1. The van der Waals surface area contributed by atoms with E-state index in [4.69, 9.17) is 16.3 Å². The molecule has 2 rings (SSSR count). The highest BCUT2D eigenvalue weighted by Crippen LogP contribution is 2.13. The molecule has 6 heteroatoms. The second kappa shape index (κ2) is 8.45. The van der Waals surface area contributed by atoms with Crippen molar-refractivity contribution in [2.45, 2.75) is 25.9 Å². The Bertz CT molecular complexity index is 701. The number of nitrogens with one attached hydrogen (secondary N) is 1. The molecule has 126 valence electrons. The number of carbonyl (C=O) groups excluding carboxylic acids is 2. The van der Waals surface area contributed by atoms with Gasteiger partial charge in [-0.15, -0.1) is 0 Å². The Hall–Kier alpha value is -2.40. The highest BCUT2D eigenvalue weighted by Gasteiger charge is 2.21. The van der Waals surface area contributed by atoms with Crippen LogP contribution in [-0.2, 0) is 20.7 Å². The van der Waals surface area contributed by atoms with Crippen LogP contribution in [0.5, 0.6) is 0 Å². The first-order chi connectivity index (χ1) is 11.5. The van der Waals surface area contributed by atoms with Gasteiger partial charge in [0.25, 0.3) is 5.91 Å². The van der Waals surface area contributed by atoms with E-state index in [1.807, 2.05) is 0 Å². The molecule has 0 unspecified atom stereocenters. The molecule has 1 amide bonds. The molecule has 2 aromatic carbocycles. The fourth-order valence-electron chi connectivity index (χ4n) is 2.05. The molecular formula is C18H17ClFNO3. The van der Waals surface area contributed by atoms with Crippen LogP contribution in [0, 0.1) is 5.82 Å². The lowest BCUT2D eigenvalue weighted by Gasteiger charge is -2.16.